The van der Waals surface area contributed by atoms with Crippen LogP contribution in [0.1, 0.15) is 0 Å². The predicted octanol–water partition coefficient (Wildman–Crippen LogP) is 4.73. The van der Waals surface area contributed by atoms with Crippen molar-refractivity contribution in [2.45, 2.75) is 0 Å². The average molecular weight is 419 g/mol. The Morgan fingerprint density at radius 1 is 0.500 bits per heavy atom. The quantitative estimate of drug-likeness (QED) is 0.446. The fourth-order valence-corrected chi connectivity index (χ4v) is 3.46. The molecule has 4 heterocycles. The van der Waals surface area contributed by atoms with Crippen LogP contribution in [0.3, 0.4) is 0 Å². The molecule has 3 aromatic heterocycles. The van der Waals surface area contributed by atoms with E-state index in [0.717, 1.165) is 33.9 Å². The van der Waals surface area contributed by atoms with Crippen LogP contribution in [0.4, 0.5) is 11.6 Å². The molecule has 0 radical (unpaired) electrons. The maximum absolute atomic E-state index is 4.93. The van der Waals surface area contributed by atoms with Crippen LogP contribution in [0.25, 0.3) is 33.9 Å². The Kier molecular flexibility index (Phi) is 5.13. The van der Waals surface area contributed by atoms with E-state index in [4.69, 9.17) is 15.0 Å². The van der Waals surface area contributed by atoms with Gasteiger partial charge in [-0.2, -0.15) is 10.2 Å². The third-order valence-corrected chi connectivity index (χ3v) is 5.14. The van der Waals surface area contributed by atoms with Crippen LogP contribution >= 0.6 is 0 Å². The largest absolute Gasteiger partial charge is 0.251 e. The van der Waals surface area contributed by atoms with E-state index in [9.17, 15) is 0 Å². The minimum absolute atomic E-state index is 0.711. The van der Waals surface area contributed by atoms with Gasteiger partial charge in [0.05, 0.1) is 35.2 Å². The van der Waals surface area contributed by atoms with E-state index < -0.39 is 0 Å². The summed E-state index contributed by atoms with van der Waals surface area (Å²) >= 11 is 0. The Morgan fingerprint density at radius 3 is 1.56 bits per heavy atom. The lowest BCUT2D eigenvalue weighted by atomic mass is 10.0. The highest BCUT2D eigenvalue weighted by Gasteiger charge is 2.13. The van der Waals surface area contributed by atoms with Gasteiger partial charge in [-0.3, -0.25) is 10.0 Å². The maximum Gasteiger partial charge on any atom is 0.149 e. The number of pyridine rings is 3. The van der Waals surface area contributed by atoms with Gasteiger partial charge >= 0.3 is 0 Å². The smallest absolute Gasteiger partial charge is 0.149 e. The highest BCUT2D eigenvalue weighted by Crippen LogP contribution is 2.30. The van der Waals surface area contributed by atoms with E-state index in [1.165, 1.54) is 0 Å². The molecule has 7 heteroatoms. The molecule has 4 aromatic rings. The first-order valence-corrected chi connectivity index (χ1v) is 10.2. The van der Waals surface area contributed by atoms with Crippen LogP contribution in [0.5, 0.6) is 0 Å². The molecule has 5 rings (SSSR count). The monoisotopic (exact) mass is 419 g/mol. The van der Waals surface area contributed by atoms with Crippen LogP contribution in [0.2, 0.25) is 0 Å². The van der Waals surface area contributed by atoms with Crippen LogP contribution in [-0.2, 0) is 0 Å². The van der Waals surface area contributed by atoms with Crippen molar-refractivity contribution >= 4 is 24.1 Å². The molecule has 1 aliphatic rings. The van der Waals surface area contributed by atoms with E-state index in [0.29, 0.717) is 11.6 Å². The third kappa shape index (κ3) is 3.96. The predicted molar refractivity (Wildman–Crippen MR) is 130 cm³/mol. The summed E-state index contributed by atoms with van der Waals surface area (Å²) in [4.78, 5) is 14.5. The zero-order valence-corrected chi connectivity index (χ0v) is 17.8. The molecular formula is C25H21N7. The summed E-state index contributed by atoms with van der Waals surface area (Å²) < 4.78 is 0. The van der Waals surface area contributed by atoms with Gasteiger partial charge in [0.15, 0.2) is 0 Å². The summed E-state index contributed by atoms with van der Waals surface area (Å²) in [5, 5.41) is 12.2. The van der Waals surface area contributed by atoms with E-state index in [1.54, 1.807) is 22.4 Å². The molecule has 0 N–H and O–H groups in total. The van der Waals surface area contributed by atoms with Crippen molar-refractivity contribution in [1.29, 1.82) is 0 Å². The Balaban J connectivity index is 1.76. The van der Waals surface area contributed by atoms with Crippen molar-refractivity contribution in [3.05, 3.63) is 78.9 Å². The van der Waals surface area contributed by atoms with E-state index in [2.05, 4.69) is 34.5 Å². The third-order valence-electron chi connectivity index (χ3n) is 5.14. The van der Waals surface area contributed by atoms with Crippen molar-refractivity contribution in [1.82, 2.24) is 15.0 Å². The fraction of sp³-hybridized carbons (Fsp3) is 0.0800. The summed E-state index contributed by atoms with van der Waals surface area (Å²) in [7, 11) is 3.70. The maximum atomic E-state index is 4.93. The van der Waals surface area contributed by atoms with Crippen LogP contribution in [0, 0.1) is 0 Å². The van der Waals surface area contributed by atoms with Crippen molar-refractivity contribution < 1.29 is 0 Å². The molecule has 0 atom stereocenters. The molecule has 0 amide bonds. The SMILES string of the molecule is CN1/N=C\C=N\N(C)c2cccc(n2)-c2cc(-c3ccccc3)cc(n2)-c2cccc1n2. The van der Waals surface area contributed by atoms with Gasteiger partial charge in [0.25, 0.3) is 0 Å². The van der Waals surface area contributed by atoms with Gasteiger partial charge in [-0.05, 0) is 47.5 Å². The molecule has 0 aliphatic carbocycles. The van der Waals surface area contributed by atoms with Gasteiger partial charge < -0.3 is 0 Å². The molecule has 0 saturated carbocycles. The standard InChI is InChI=1S/C25H21N7/c1-31-24-12-6-10-20(29-24)22-16-19(18-8-4-3-5-9-18)17-23(28-22)21-11-7-13-25(30-21)32(2)27-15-14-26-31/h3-17H,1-2H3/b26-14-,27-15+. The summed E-state index contributed by atoms with van der Waals surface area (Å²) in [6.45, 7) is 0. The molecule has 0 fully saturated rings. The first kappa shape index (κ1) is 19.6. The Labute approximate surface area is 186 Å². The molecule has 6 bridgehead atoms. The minimum Gasteiger partial charge on any atom is -0.251 e. The van der Waals surface area contributed by atoms with Gasteiger partial charge in [0.2, 0.25) is 0 Å². The van der Waals surface area contributed by atoms with E-state index >= 15 is 0 Å². The lowest BCUT2D eigenvalue weighted by Gasteiger charge is -2.14. The number of rotatable bonds is 1. The molecule has 32 heavy (non-hydrogen) atoms. The Hall–Kier alpha value is -4.39. The number of hydrogen-bond donors (Lipinski definition) is 0. The highest BCUT2D eigenvalue weighted by molar-refractivity contribution is 6.16. The zero-order valence-electron chi connectivity index (χ0n) is 17.8. The fourth-order valence-electron chi connectivity index (χ4n) is 3.46. The van der Waals surface area contributed by atoms with Gasteiger partial charge in [0.1, 0.15) is 11.6 Å². The molecule has 0 saturated heterocycles. The second-order valence-corrected chi connectivity index (χ2v) is 7.33. The Bertz CT molecular complexity index is 1240. The molecule has 1 aromatic carbocycles. The van der Waals surface area contributed by atoms with Gasteiger partial charge in [-0.25, -0.2) is 15.0 Å². The van der Waals surface area contributed by atoms with Gasteiger partial charge in [-0.1, -0.05) is 42.5 Å². The molecule has 1 aliphatic heterocycles. The zero-order chi connectivity index (χ0) is 21.9. The van der Waals surface area contributed by atoms with Crippen molar-refractivity contribution in [3.63, 3.8) is 0 Å². The van der Waals surface area contributed by atoms with E-state index in [-0.39, 0.29) is 0 Å². The van der Waals surface area contributed by atoms with Crippen molar-refractivity contribution in [2.75, 3.05) is 24.1 Å². The molecule has 0 spiro atoms. The minimum atomic E-state index is 0.711. The number of hydrazone groups is 2. The lowest BCUT2D eigenvalue weighted by Crippen LogP contribution is -2.12. The number of hydrogen-bond acceptors (Lipinski definition) is 7. The lowest BCUT2D eigenvalue weighted by molar-refractivity contribution is 0.980. The number of fused-ring (bicyclic) bond motifs is 8. The van der Waals surface area contributed by atoms with Crippen molar-refractivity contribution in [3.8, 4) is 33.9 Å². The topological polar surface area (TPSA) is 69.9 Å². The normalized spacial score (nSPS) is 14.9. The van der Waals surface area contributed by atoms with Crippen LogP contribution in [0.15, 0.2) is 89.1 Å². The molecule has 0 unspecified atom stereocenters. The number of anilines is 2. The molecule has 7 nitrogen and oxygen atoms in total. The van der Waals surface area contributed by atoms with Gasteiger partial charge in [-0.15, -0.1) is 0 Å². The second kappa shape index (κ2) is 8.39. The average Bonchev–Trinajstić information content (AvgIpc) is 2.86. The van der Waals surface area contributed by atoms with Crippen LogP contribution in [-0.4, -0.2) is 41.5 Å². The molecule has 156 valence electrons. The first-order chi connectivity index (χ1) is 15.7. The summed E-state index contributed by atoms with van der Waals surface area (Å²) in [5.74, 6) is 1.42. The number of benzene rings is 1. The van der Waals surface area contributed by atoms with E-state index in [1.807, 2.05) is 68.7 Å². The van der Waals surface area contributed by atoms with Gasteiger partial charge in [0, 0.05) is 14.1 Å². The van der Waals surface area contributed by atoms with Crippen molar-refractivity contribution in [2.24, 2.45) is 10.2 Å². The second-order valence-electron chi connectivity index (χ2n) is 7.33. The Morgan fingerprint density at radius 2 is 1.03 bits per heavy atom. The number of aromatic nitrogens is 3. The number of nitrogens with zero attached hydrogens (tertiary/aromatic N) is 7. The first-order valence-electron chi connectivity index (χ1n) is 10.2. The summed E-state index contributed by atoms with van der Waals surface area (Å²) in [5.41, 5.74) is 5.22. The summed E-state index contributed by atoms with van der Waals surface area (Å²) in [6.07, 6.45) is 3.25. The van der Waals surface area contributed by atoms with Crippen LogP contribution < -0.4 is 10.0 Å². The highest BCUT2D eigenvalue weighted by atomic mass is 15.5. The summed E-state index contributed by atoms with van der Waals surface area (Å²) in [6, 6.07) is 26.0. The molecular weight excluding hydrogens is 398 g/mol.